The minimum Gasteiger partial charge on any atom is -0.462 e. The number of rotatable bonds is 54. The highest BCUT2D eigenvalue weighted by atomic mass is 16.6. The van der Waals surface area contributed by atoms with Crippen LogP contribution in [0.2, 0.25) is 0 Å². The Hall–Kier alpha value is -1.36. The molecule has 1 atom stereocenters. The first-order valence-corrected chi connectivity index (χ1v) is 28.7. The lowest BCUT2D eigenvalue weighted by atomic mass is 10.0. The maximum atomic E-state index is 12.3. The molecular formula is C58H112O5. The number of unbranched alkanes of at least 4 members (excludes halogenated alkanes) is 44. The molecular weight excluding hydrogens is 777 g/mol. The molecule has 1 N–H and O–H groups in total. The van der Waals surface area contributed by atoms with Crippen molar-refractivity contribution in [1.82, 2.24) is 0 Å². The van der Waals surface area contributed by atoms with Crippen LogP contribution in [0.15, 0.2) is 12.2 Å². The second-order valence-electron chi connectivity index (χ2n) is 19.7. The molecule has 0 heterocycles. The third-order valence-corrected chi connectivity index (χ3v) is 13.3. The molecule has 0 aliphatic carbocycles. The van der Waals surface area contributed by atoms with E-state index in [1.165, 1.54) is 270 Å². The van der Waals surface area contributed by atoms with Gasteiger partial charge in [-0.1, -0.05) is 289 Å². The van der Waals surface area contributed by atoms with Crippen molar-refractivity contribution in [2.24, 2.45) is 0 Å². The number of carbonyl (C=O) groups is 2. The summed E-state index contributed by atoms with van der Waals surface area (Å²) in [4.78, 5) is 24.5. The van der Waals surface area contributed by atoms with Crippen LogP contribution in [0, 0.1) is 0 Å². The summed E-state index contributed by atoms with van der Waals surface area (Å²) < 4.78 is 10.7. The Labute approximate surface area is 394 Å². The Morgan fingerprint density at radius 3 is 0.857 bits per heavy atom. The van der Waals surface area contributed by atoms with Gasteiger partial charge in [-0.2, -0.15) is 0 Å². The van der Waals surface area contributed by atoms with Gasteiger partial charge in [0.15, 0.2) is 6.10 Å². The van der Waals surface area contributed by atoms with Crippen LogP contribution < -0.4 is 0 Å². The number of ether oxygens (including phenoxy) is 2. The van der Waals surface area contributed by atoms with Crippen molar-refractivity contribution in [1.29, 1.82) is 0 Å². The Bertz CT molecular complexity index is 917. The van der Waals surface area contributed by atoms with Gasteiger partial charge in [0.25, 0.3) is 0 Å². The zero-order valence-electron chi connectivity index (χ0n) is 42.9. The summed E-state index contributed by atoms with van der Waals surface area (Å²) >= 11 is 0. The van der Waals surface area contributed by atoms with E-state index < -0.39 is 6.10 Å². The first-order chi connectivity index (χ1) is 31.1. The molecule has 5 nitrogen and oxygen atoms in total. The lowest BCUT2D eigenvalue weighted by Gasteiger charge is -2.15. The molecule has 0 bridgehead atoms. The van der Waals surface area contributed by atoms with Crippen LogP contribution in [0.1, 0.15) is 328 Å². The van der Waals surface area contributed by atoms with E-state index in [9.17, 15) is 14.7 Å². The molecule has 63 heavy (non-hydrogen) atoms. The van der Waals surface area contributed by atoms with Crippen molar-refractivity contribution in [3.8, 4) is 0 Å². The predicted molar refractivity (Wildman–Crippen MR) is 275 cm³/mol. The van der Waals surface area contributed by atoms with Gasteiger partial charge in [-0.15, -0.1) is 0 Å². The molecule has 0 aromatic rings. The fourth-order valence-corrected chi connectivity index (χ4v) is 8.97. The highest BCUT2D eigenvalue weighted by Gasteiger charge is 2.16. The minimum absolute atomic E-state index is 0.0594. The number of carbonyl (C=O) groups excluding carboxylic acids is 2. The van der Waals surface area contributed by atoms with E-state index in [2.05, 4.69) is 26.0 Å². The molecule has 0 amide bonds. The molecule has 0 aromatic heterocycles. The van der Waals surface area contributed by atoms with E-state index in [1.54, 1.807) is 0 Å². The monoisotopic (exact) mass is 889 g/mol. The van der Waals surface area contributed by atoms with Crippen molar-refractivity contribution >= 4 is 11.9 Å². The minimum atomic E-state index is -0.768. The summed E-state index contributed by atoms with van der Waals surface area (Å²) in [5.74, 6) is -0.572. The van der Waals surface area contributed by atoms with Crippen LogP contribution in [0.25, 0.3) is 0 Å². The van der Waals surface area contributed by atoms with Crippen LogP contribution in [0.5, 0.6) is 0 Å². The summed E-state index contributed by atoms with van der Waals surface area (Å²) in [6.07, 6.45) is 67.7. The fourth-order valence-electron chi connectivity index (χ4n) is 8.97. The Kier molecular flexibility index (Phi) is 53.8. The van der Waals surface area contributed by atoms with E-state index in [0.717, 1.165) is 32.1 Å². The quantitative estimate of drug-likeness (QED) is 0.0374. The van der Waals surface area contributed by atoms with E-state index in [-0.39, 0.29) is 25.2 Å². The summed E-state index contributed by atoms with van der Waals surface area (Å²) in [6.45, 7) is 4.19. The number of hydrogen-bond donors (Lipinski definition) is 1. The average Bonchev–Trinajstić information content (AvgIpc) is 3.29. The summed E-state index contributed by atoms with van der Waals surface area (Å²) in [5, 5.41) is 9.64. The summed E-state index contributed by atoms with van der Waals surface area (Å²) in [5.41, 5.74) is 0. The number of aliphatic hydroxyl groups excluding tert-OH is 1. The molecule has 0 rings (SSSR count). The highest BCUT2D eigenvalue weighted by molar-refractivity contribution is 5.70. The van der Waals surface area contributed by atoms with Crippen molar-refractivity contribution in [2.45, 2.75) is 335 Å². The molecule has 1 unspecified atom stereocenters. The Balaban J connectivity index is 3.39. The number of aliphatic hydroxyl groups is 1. The Morgan fingerprint density at radius 1 is 0.349 bits per heavy atom. The van der Waals surface area contributed by atoms with Gasteiger partial charge in [-0.3, -0.25) is 9.59 Å². The lowest BCUT2D eigenvalue weighted by Crippen LogP contribution is -2.28. The van der Waals surface area contributed by atoms with Gasteiger partial charge in [0, 0.05) is 12.8 Å². The van der Waals surface area contributed by atoms with E-state index >= 15 is 0 Å². The van der Waals surface area contributed by atoms with Crippen LogP contribution in [0.4, 0.5) is 0 Å². The number of esters is 2. The topological polar surface area (TPSA) is 72.8 Å². The SMILES string of the molecule is CCCCCCCC/C=C\CCCCCCCCCCCC(=O)OC(CO)COC(=O)CCCCCCCCCCCCCCCCCCCCCCCCCCCCCCCC. The normalized spacial score (nSPS) is 12.1. The molecule has 0 fully saturated rings. The largest absolute Gasteiger partial charge is 0.462 e. The van der Waals surface area contributed by atoms with Gasteiger partial charge < -0.3 is 14.6 Å². The van der Waals surface area contributed by atoms with Gasteiger partial charge in [0.05, 0.1) is 6.61 Å². The number of hydrogen-bond acceptors (Lipinski definition) is 5. The van der Waals surface area contributed by atoms with Crippen molar-refractivity contribution < 1.29 is 24.2 Å². The molecule has 0 aliphatic heterocycles. The van der Waals surface area contributed by atoms with Crippen LogP contribution in [0.3, 0.4) is 0 Å². The average molecular weight is 890 g/mol. The molecule has 374 valence electrons. The van der Waals surface area contributed by atoms with E-state index in [0.29, 0.717) is 12.8 Å². The molecule has 0 aromatic carbocycles. The smallest absolute Gasteiger partial charge is 0.306 e. The molecule has 0 spiro atoms. The summed E-state index contributed by atoms with van der Waals surface area (Å²) in [6, 6.07) is 0. The maximum absolute atomic E-state index is 12.3. The molecule has 0 saturated heterocycles. The van der Waals surface area contributed by atoms with Crippen molar-refractivity contribution in [3.63, 3.8) is 0 Å². The lowest BCUT2D eigenvalue weighted by molar-refractivity contribution is -0.161. The van der Waals surface area contributed by atoms with Crippen molar-refractivity contribution in [3.05, 3.63) is 12.2 Å². The third kappa shape index (κ3) is 53.1. The first-order valence-electron chi connectivity index (χ1n) is 28.7. The predicted octanol–water partition coefficient (Wildman–Crippen LogP) is 19.1. The zero-order valence-corrected chi connectivity index (χ0v) is 42.9. The van der Waals surface area contributed by atoms with E-state index in [4.69, 9.17) is 9.47 Å². The van der Waals surface area contributed by atoms with Gasteiger partial charge in [-0.05, 0) is 38.5 Å². The van der Waals surface area contributed by atoms with Crippen molar-refractivity contribution in [2.75, 3.05) is 13.2 Å². The maximum Gasteiger partial charge on any atom is 0.306 e. The molecule has 5 heteroatoms. The van der Waals surface area contributed by atoms with Crippen LogP contribution in [-0.2, 0) is 19.1 Å². The van der Waals surface area contributed by atoms with Gasteiger partial charge in [0.1, 0.15) is 6.61 Å². The number of allylic oxidation sites excluding steroid dienone is 2. The Morgan fingerprint density at radius 2 is 0.587 bits per heavy atom. The van der Waals surface area contributed by atoms with Gasteiger partial charge >= 0.3 is 11.9 Å². The highest BCUT2D eigenvalue weighted by Crippen LogP contribution is 2.18. The van der Waals surface area contributed by atoms with Crippen LogP contribution >= 0.6 is 0 Å². The zero-order chi connectivity index (χ0) is 45.6. The van der Waals surface area contributed by atoms with Gasteiger partial charge in [-0.25, -0.2) is 0 Å². The van der Waals surface area contributed by atoms with E-state index in [1.807, 2.05) is 0 Å². The fraction of sp³-hybridized carbons (Fsp3) is 0.931. The molecule has 0 radical (unpaired) electrons. The molecule has 0 saturated carbocycles. The first kappa shape index (κ1) is 61.6. The molecule has 0 aliphatic rings. The third-order valence-electron chi connectivity index (χ3n) is 13.3. The van der Waals surface area contributed by atoms with Gasteiger partial charge in [0.2, 0.25) is 0 Å². The summed E-state index contributed by atoms with van der Waals surface area (Å²) in [7, 11) is 0. The van der Waals surface area contributed by atoms with Crippen LogP contribution in [-0.4, -0.2) is 36.4 Å². The second kappa shape index (κ2) is 55.0. The standard InChI is InChI=1S/C58H112O5/c1-3-5-7-9-11-13-15-17-19-21-23-24-25-26-27-28-29-30-31-32-33-35-36-38-40-42-44-46-48-50-52-57(60)62-55-56(54-59)63-58(61)53-51-49-47-45-43-41-39-37-34-22-20-18-16-14-12-10-8-6-4-2/h18,20,56,59H,3-17,19,21-55H2,1-2H3/b20-18-. The second-order valence-corrected chi connectivity index (χ2v) is 19.7.